The van der Waals surface area contributed by atoms with Crippen molar-refractivity contribution in [1.29, 1.82) is 0 Å². The van der Waals surface area contributed by atoms with Gasteiger partial charge in [-0.2, -0.15) is 0 Å². The summed E-state index contributed by atoms with van der Waals surface area (Å²) in [5.74, 6) is -0.464. The highest BCUT2D eigenvalue weighted by Crippen LogP contribution is 2.36. The van der Waals surface area contributed by atoms with Crippen molar-refractivity contribution in [1.82, 2.24) is 9.88 Å². The van der Waals surface area contributed by atoms with Crippen LogP contribution in [0, 0.1) is 26.6 Å². The number of rotatable bonds is 7. The lowest BCUT2D eigenvalue weighted by molar-refractivity contribution is -0.107. The molecule has 1 aromatic carbocycles. The van der Waals surface area contributed by atoms with Crippen molar-refractivity contribution in [2.75, 3.05) is 36.5 Å². The number of nitrogens with zero attached hydrogens (tertiary/aromatic N) is 3. The number of H-pyrrole nitrogens is 1. The Morgan fingerprint density at radius 1 is 1.19 bits per heavy atom. The third kappa shape index (κ3) is 4.84. The number of benzene rings is 1. The molecule has 8 heteroatoms. The average molecular weight is 463 g/mol. The molecule has 0 aliphatic carbocycles. The van der Waals surface area contributed by atoms with Gasteiger partial charge >= 0.3 is 0 Å². The zero-order chi connectivity index (χ0) is 23.6. The number of aromatic nitrogens is 1. The predicted octanol–water partition coefficient (Wildman–Crippen LogP) is 4.18. The number of halogens is 2. The molecule has 0 radical (unpaired) electrons. The maximum absolute atomic E-state index is 14.4. The smallest absolute Gasteiger partial charge is 0.253 e. The Balaban J connectivity index is 2.00. The van der Waals surface area contributed by atoms with Crippen LogP contribution >= 0.6 is 11.6 Å². The Bertz CT molecular complexity index is 1050. The number of aromatic amines is 1. The first kappa shape index (κ1) is 24.3. The number of carbonyl (C=O) groups is 1. The summed E-state index contributed by atoms with van der Waals surface area (Å²) in [7, 11) is 2.13. The Morgan fingerprint density at radius 2 is 1.81 bits per heavy atom. The standard InChI is InChI=1S/C24H32ClFN4O2/c1-6-30(19-7-9-28(5)10-8-19)22-12-18(25)11-21(16(22)3)29(14-31)13-20-15(2)23(26)17(4)27-24(20)32/h11-12,14,19H,6-10,13H2,1-5H3,(H,27,32). The number of amides is 1. The van der Waals surface area contributed by atoms with E-state index in [9.17, 15) is 14.0 Å². The third-order valence-electron chi connectivity index (χ3n) is 6.55. The highest BCUT2D eigenvalue weighted by Gasteiger charge is 2.26. The third-order valence-corrected chi connectivity index (χ3v) is 6.77. The van der Waals surface area contributed by atoms with Gasteiger partial charge in [0.05, 0.1) is 17.9 Å². The quantitative estimate of drug-likeness (QED) is 0.627. The Labute approximate surface area is 194 Å². The van der Waals surface area contributed by atoms with E-state index in [0.29, 0.717) is 23.2 Å². The van der Waals surface area contributed by atoms with Crippen LogP contribution in [0.15, 0.2) is 16.9 Å². The minimum absolute atomic E-state index is 0.0389. The van der Waals surface area contributed by atoms with Gasteiger partial charge in [-0.05, 0) is 83.9 Å². The van der Waals surface area contributed by atoms with E-state index in [1.807, 2.05) is 13.0 Å². The number of pyridine rings is 1. The van der Waals surface area contributed by atoms with Crippen molar-refractivity contribution >= 4 is 29.4 Å². The van der Waals surface area contributed by atoms with E-state index in [4.69, 9.17) is 11.6 Å². The van der Waals surface area contributed by atoms with Crippen molar-refractivity contribution in [3.63, 3.8) is 0 Å². The first-order chi connectivity index (χ1) is 15.2. The fraction of sp³-hybridized carbons (Fsp3) is 0.500. The summed E-state index contributed by atoms with van der Waals surface area (Å²) >= 11 is 6.49. The average Bonchev–Trinajstić information content (AvgIpc) is 2.76. The second-order valence-electron chi connectivity index (χ2n) is 8.62. The van der Waals surface area contributed by atoms with Crippen molar-refractivity contribution < 1.29 is 9.18 Å². The number of aryl methyl sites for hydroxylation is 1. The molecule has 0 spiro atoms. The van der Waals surface area contributed by atoms with Gasteiger partial charge in [-0.15, -0.1) is 0 Å². The molecule has 0 bridgehead atoms. The topological polar surface area (TPSA) is 59.7 Å². The fourth-order valence-corrected chi connectivity index (χ4v) is 4.81. The summed E-state index contributed by atoms with van der Waals surface area (Å²) in [6, 6.07) is 4.06. The van der Waals surface area contributed by atoms with Crippen LogP contribution in [0.3, 0.4) is 0 Å². The zero-order valence-electron chi connectivity index (χ0n) is 19.5. The summed E-state index contributed by atoms with van der Waals surface area (Å²) in [6.07, 6.45) is 2.78. The van der Waals surface area contributed by atoms with Crippen molar-refractivity contribution in [3.8, 4) is 0 Å². The number of piperidine rings is 1. The molecule has 1 aliphatic heterocycles. The largest absolute Gasteiger partial charge is 0.368 e. The van der Waals surface area contributed by atoms with Crippen LogP contribution in [0.5, 0.6) is 0 Å². The summed E-state index contributed by atoms with van der Waals surface area (Å²) in [4.78, 5) is 33.2. The molecule has 0 unspecified atom stereocenters. The Kier molecular flexibility index (Phi) is 7.62. The molecule has 0 saturated carbocycles. The second kappa shape index (κ2) is 10.0. The van der Waals surface area contributed by atoms with E-state index in [2.05, 4.69) is 28.8 Å². The van der Waals surface area contributed by atoms with Gasteiger partial charge < -0.3 is 19.7 Å². The SMILES string of the molecule is CCN(c1cc(Cl)cc(N(C=O)Cc2c(C)c(F)c(C)[nH]c2=O)c1C)C1CCN(C)CC1. The lowest BCUT2D eigenvalue weighted by atomic mass is 10.0. The van der Waals surface area contributed by atoms with Crippen LogP contribution in [-0.2, 0) is 11.3 Å². The molecule has 6 nitrogen and oxygen atoms in total. The highest BCUT2D eigenvalue weighted by atomic mass is 35.5. The van der Waals surface area contributed by atoms with Crippen molar-refractivity contribution in [3.05, 3.63) is 55.7 Å². The van der Waals surface area contributed by atoms with Crippen LogP contribution in [0.25, 0.3) is 0 Å². The second-order valence-corrected chi connectivity index (χ2v) is 9.06. The molecular formula is C24H32ClFN4O2. The Hall–Kier alpha value is -2.38. The molecule has 1 aromatic heterocycles. The predicted molar refractivity (Wildman–Crippen MR) is 128 cm³/mol. The van der Waals surface area contributed by atoms with Crippen LogP contribution in [-0.4, -0.2) is 49.0 Å². The lowest BCUT2D eigenvalue weighted by Gasteiger charge is -2.39. The van der Waals surface area contributed by atoms with Gasteiger partial charge in [-0.25, -0.2) is 4.39 Å². The van der Waals surface area contributed by atoms with Gasteiger partial charge in [0.1, 0.15) is 5.82 Å². The minimum Gasteiger partial charge on any atom is -0.368 e. The van der Waals surface area contributed by atoms with Crippen LogP contribution in [0.4, 0.5) is 15.8 Å². The summed E-state index contributed by atoms with van der Waals surface area (Å²) in [5, 5.41) is 0.513. The first-order valence-corrected chi connectivity index (χ1v) is 11.4. The van der Waals surface area contributed by atoms with E-state index in [0.717, 1.165) is 43.7 Å². The van der Waals surface area contributed by atoms with Gasteiger partial charge in [0.25, 0.3) is 5.56 Å². The van der Waals surface area contributed by atoms with Crippen molar-refractivity contribution in [2.24, 2.45) is 0 Å². The number of hydrogen-bond acceptors (Lipinski definition) is 4. The number of hydrogen-bond donors (Lipinski definition) is 1. The maximum atomic E-state index is 14.4. The molecule has 3 rings (SSSR count). The van der Waals surface area contributed by atoms with Gasteiger partial charge in [-0.1, -0.05) is 11.6 Å². The normalized spacial score (nSPS) is 15.1. The van der Waals surface area contributed by atoms with Crippen LogP contribution in [0.2, 0.25) is 5.02 Å². The number of likely N-dealkylation sites (tertiary alicyclic amines) is 1. The molecule has 1 amide bonds. The van der Waals surface area contributed by atoms with Gasteiger partial charge in [0.15, 0.2) is 0 Å². The molecule has 1 saturated heterocycles. The molecule has 32 heavy (non-hydrogen) atoms. The van der Waals surface area contributed by atoms with E-state index < -0.39 is 11.4 Å². The maximum Gasteiger partial charge on any atom is 0.253 e. The monoisotopic (exact) mass is 462 g/mol. The number of nitrogens with one attached hydrogen (secondary N) is 1. The fourth-order valence-electron chi connectivity index (χ4n) is 4.60. The Morgan fingerprint density at radius 3 is 2.41 bits per heavy atom. The summed E-state index contributed by atoms with van der Waals surface area (Å²) in [5.41, 5.74) is 2.78. The van der Waals surface area contributed by atoms with Crippen molar-refractivity contribution in [2.45, 2.75) is 53.1 Å². The van der Waals surface area contributed by atoms with Gasteiger partial charge in [0.2, 0.25) is 6.41 Å². The molecule has 2 aromatic rings. The molecule has 0 atom stereocenters. The van der Waals surface area contributed by atoms with E-state index in [1.165, 1.54) is 11.8 Å². The van der Waals surface area contributed by atoms with E-state index >= 15 is 0 Å². The summed E-state index contributed by atoms with van der Waals surface area (Å²) in [6.45, 7) is 10.0. The van der Waals surface area contributed by atoms with E-state index in [-0.39, 0.29) is 23.4 Å². The van der Waals surface area contributed by atoms with Gasteiger partial charge in [0, 0.05) is 28.9 Å². The molecule has 1 aliphatic rings. The minimum atomic E-state index is -0.464. The molecule has 174 valence electrons. The first-order valence-electron chi connectivity index (χ1n) is 11.0. The van der Waals surface area contributed by atoms with Crippen LogP contribution in [0.1, 0.15) is 42.1 Å². The lowest BCUT2D eigenvalue weighted by Crippen LogP contribution is -2.44. The molecule has 2 heterocycles. The van der Waals surface area contributed by atoms with Gasteiger partial charge in [-0.3, -0.25) is 9.59 Å². The van der Waals surface area contributed by atoms with Crippen LogP contribution < -0.4 is 15.4 Å². The molecular weight excluding hydrogens is 431 g/mol. The van der Waals surface area contributed by atoms with E-state index in [1.54, 1.807) is 13.0 Å². The molecule has 1 fully saturated rings. The molecule has 1 N–H and O–H groups in total. The zero-order valence-corrected chi connectivity index (χ0v) is 20.2. The number of carbonyl (C=O) groups excluding carboxylic acids is 1. The highest BCUT2D eigenvalue weighted by molar-refractivity contribution is 6.31. The number of anilines is 2. The summed E-state index contributed by atoms with van der Waals surface area (Å²) < 4.78 is 14.4.